The van der Waals surface area contributed by atoms with Gasteiger partial charge in [-0.1, -0.05) is 6.92 Å². The van der Waals surface area contributed by atoms with Crippen LogP contribution in [0.4, 0.5) is 0 Å². The van der Waals surface area contributed by atoms with E-state index in [1.54, 1.807) is 19.2 Å². The highest BCUT2D eigenvalue weighted by molar-refractivity contribution is 5.12. The second-order valence-corrected chi connectivity index (χ2v) is 3.42. The number of aromatic nitrogens is 2. The molecule has 14 heavy (non-hydrogen) atoms. The lowest BCUT2D eigenvalue weighted by Gasteiger charge is -2.25. The number of aliphatic hydroxyl groups excluding tert-OH is 1. The number of hydrogen-bond donors (Lipinski definition) is 1. The Kier molecular flexibility index (Phi) is 3.15. The zero-order chi connectivity index (χ0) is 10.6. The molecule has 0 amide bonds. The van der Waals surface area contributed by atoms with Gasteiger partial charge in [0.2, 0.25) is 0 Å². The highest BCUT2D eigenvalue weighted by Gasteiger charge is 2.33. The van der Waals surface area contributed by atoms with Crippen molar-refractivity contribution >= 4 is 0 Å². The Bertz CT molecular complexity index is 333. The molecule has 1 rings (SSSR count). The van der Waals surface area contributed by atoms with Gasteiger partial charge in [-0.25, -0.2) is 9.97 Å². The van der Waals surface area contributed by atoms with Crippen molar-refractivity contribution in [2.45, 2.75) is 26.4 Å². The van der Waals surface area contributed by atoms with E-state index in [0.717, 1.165) is 0 Å². The van der Waals surface area contributed by atoms with Crippen LogP contribution in [0.3, 0.4) is 0 Å². The van der Waals surface area contributed by atoms with Crippen molar-refractivity contribution in [2.24, 2.45) is 5.41 Å². The third-order valence-corrected chi connectivity index (χ3v) is 2.48. The van der Waals surface area contributed by atoms with Gasteiger partial charge in [0.15, 0.2) is 0 Å². The van der Waals surface area contributed by atoms with Gasteiger partial charge in [-0.2, -0.15) is 5.26 Å². The molecule has 0 fully saturated rings. The minimum atomic E-state index is -0.861. The Morgan fingerprint density at radius 1 is 1.71 bits per heavy atom. The van der Waals surface area contributed by atoms with Crippen LogP contribution in [0.15, 0.2) is 18.6 Å². The van der Waals surface area contributed by atoms with Crippen molar-refractivity contribution in [1.29, 1.82) is 5.26 Å². The van der Waals surface area contributed by atoms with Crippen molar-refractivity contribution in [2.75, 3.05) is 0 Å². The molecule has 0 aliphatic carbocycles. The van der Waals surface area contributed by atoms with Gasteiger partial charge in [0, 0.05) is 6.20 Å². The minimum absolute atomic E-state index is 0.492. The van der Waals surface area contributed by atoms with Crippen molar-refractivity contribution in [3.63, 3.8) is 0 Å². The van der Waals surface area contributed by atoms with Gasteiger partial charge in [0.1, 0.15) is 12.4 Å². The Balaban J connectivity index is 2.96. The monoisotopic (exact) mass is 191 g/mol. The first-order valence-corrected chi connectivity index (χ1v) is 4.49. The standard InChI is InChI=1S/C10H13N3O/c1-3-10(2,6-11)9(14)8-4-5-12-7-13-8/h4-5,7,9,14H,3H2,1-2H3. The van der Waals surface area contributed by atoms with Crippen LogP contribution in [-0.4, -0.2) is 15.1 Å². The molecule has 1 heterocycles. The lowest BCUT2D eigenvalue weighted by atomic mass is 9.81. The maximum Gasteiger partial charge on any atom is 0.115 e. The Morgan fingerprint density at radius 3 is 2.86 bits per heavy atom. The van der Waals surface area contributed by atoms with Crippen LogP contribution in [-0.2, 0) is 0 Å². The first-order valence-electron chi connectivity index (χ1n) is 4.49. The maximum atomic E-state index is 9.93. The fourth-order valence-corrected chi connectivity index (χ4v) is 1.12. The third kappa shape index (κ3) is 1.88. The zero-order valence-corrected chi connectivity index (χ0v) is 8.31. The molecular formula is C10H13N3O. The quantitative estimate of drug-likeness (QED) is 0.785. The van der Waals surface area contributed by atoms with E-state index < -0.39 is 11.5 Å². The fourth-order valence-electron chi connectivity index (χ4n) is 1.12. The normalized spacial score (nSPS) is 16.7. The highest BCUT2D eigenvalue weighted by Crippen LogP contribution is 2.34. The van der Waals surface area contributed by atoms with E-state index in [1.165, 1.54) is 6.33 Å². The molecule has 2 unspecified atom stereocenters. The van der Waals surface area contributed by atoms with Crippen LogP contribution in [0.1, 0.15) is 32.1 Å². The summed E-state index contributed by atoms with van der Waals surface area (Å²) in [5, 5.41) is 18.9. The number of rotatable bonds is 3. The van der Waals surface area contributed by atoms with Crippen LogP contribution in [0.2, 0.25) is 0 Å². The summed E-state index contributed by atoms with van der Waals surface area (Å²) in [6, 6.07) is 3.74. The summed E-state index contributed by atoms with van der Waals surface area (Å²) >= 11 is 0. The van der Waals surface area contributed by atoms with Gasteiger partial charge >= 0.3 is 0 Å². The van der Waals surface area contributed by atoms with Crippen molar-refractivity contribution in [1.82, 2.24) is 9.97 Å². The molecule has 0 aromatic carbocycles. The largest absolute Gasteiger partial charge is 0.385 e. The summed E-state index contributed by atoms with van der Waals surface area (Å²) in [7, 11) is 0. The summed E-state index contributed by atoms with van der Waals surface area (Å²) in [4.78, 5) is 7.68. The molecule has 1 aromatic rings. The maximum absolute atomic E-state index is 9.93. The minimum Gasteiger partial charge on any atom is -0.385 e. The van der Waals surface area contributed by atoms with E-state index in [2.05, 4.69) is 16.0 Å². The molecule has 2 atom stereocenters. The third-order valence-electron chi connectivity index (χ3n) is 2.48. The predicted molar refractivity (Wildman–Crippen MR) is 51.0 cm³/mol. The van der Waals surface area contributed by atoms with E-state index in [0.29, 0.717) is 12.1 Å². The van der Waals surface area contributed by atoms with Gasteiger partial charge in [-0.3, -0.25) is 0 Å². The van der Waals surface area contributed by atoms with E-state index in [4.69, 9.17) is 5.26 Å². The molecule has 4 heteroatoms. The van der Waals surface area contributed by atoms with E-state index >= 15 is 0 Å². The van der Waals surface area contributed by atoms with Crippen molar-refractivity contribution in [3.8, 4) is 6.07 Å². The van der Waals surface area contributed by atoms with Gasteiger partial charge in [0.05, 0.1) is 17.2 Å². The zero-order valence-electron chi connectivity index (χ0n) is 8.31. The van der Waals surface area contributed by atoms with Crippen LogP contribution in [0, 0.1) is 16.7 Å². The molecule has 0 saturated carbocycles. The molecule has 1 aromatic heterocycles. The Labute approximate surface area is 83.2 Å². The molecule has 0 aliphatic rings. The van der Waals surface area contributed by atoms with Gasteiger partial charge in [-0.05, 0) is 19.4 Å². The summed E-state index contributed by atoms with van der Waals surface area (Å²) in [5.41, 5.74) is -0.292. The average Bonchev–Trinajstić information content (AvgIpc) is 2.28. The fraction of sp³-hybridized carbons (Fsp3) is 0.500. The smallest absolute Gasteiger partial charge is 0.115 e. The van der Waals surface area contributed by atoms with Gasteiger partial charge < -0.3 is 5.11 Å². The first kappa shape index (κ1) is 10.6. The van der Waals surface area contributed by atoms with Crippen LogP contribution in [0.5, 0.6) is 0 Å². The summed E-state index contributed by atoms with van der Waals surface area (Å²) < 4.78 is 0. The van der Waals surface area contributed by atoms with Crippen LogP contribution < -0.4 is 0 Å². The average molecular weight is 191 g/mol. The molecule has 4 nitrogen and oxygen atoms in total. The Hall–Kier alpha value is -1.47. The summed E-state index contributed by atoms with van der Waals surface area (Å²) in [6.45, 7) is 3.59. The molecule has 0 spiro atoms. The van der Waals surface area contributed by atoms with Crippen molar-refractivity contribution in [3.05, 3.63) is 24.3 Å². The summed E-state index contributed by atoms with van der Waals surface area (Å²) in [6.07, 6.45) is 2.64. The van der Waals surface area contributed by atoms with Crippen LogP contribution in [0.25, 0.3) is 0 Å². The molecule has 0 bridgehead atoms. The van der Waals surface area contributed by atoms with E-state index in [9.17, 15) is 5.11 Å². The lowest BCUT2D eigenvalue weighted by molar-refractivity contribution is 0.0682. The molecule has 0 saturated heterocycles. The van der Waals surface area contributed by atoms with Gasteiger partial charge in [-0.15, -0.1) is 0 Å². The van der Waals surface area contributed by atoms with E-state index in [-0.39, 0.29) is 0 Å². The second kappa shape index (κ2) is 4.16. The summed E-state index contributed by atoms with van der Waals surface area (Å²) in [5.74, 6) is 0. The SMILES string of the molecule is CCC(C)(C#N)C(O)c1ccncn1. The van der Waals surface area contributed by atoms with Crippen molar-refractivity contribution < 1.29 is 5.11 Å². The van der Waals surface area contributed by atoms with Crippen LogP contribution >= 0.6 is 0 Å². The predicted octanol–water partition coefficient (Wildman–Crippen LogP) is 1.45. The topological polar surface area (TPSA) is 69.8 Å². The number of hydrogen-bond acceptors (Lipinski definition) is 4. The van der Waals surface area contributed by atoms with E-state index in [1.807, 2.05) is 6.92 Å². The molecule has 74 valence electrons. The first-order chi connectivity index (χ1) is 6.64. The number of nitrogens with zero attached hydrogens (tertiary/aromatic N) is 3. The second-order valence-electron chi connectivity index (χ2n) is 3.42. The number of nitriles is 1. The van der Waals surface area contributed by atoms with Gasteiger partial charge in [0.25, 0.3) is 0 Å². The lowest BCUT2D eigenvalue weighted by Crippen LogP contribution is -2.23. The molecule has 0 aliphatic heterocycles. The molecule has 1 N–H and O–H groups in total. The molecular weight excluding hydrogens is 178 g/mol. The number of aliphatic hydroxyl groups is 1. The Morgan fingerprint density at radius 2 is 2.43 bits per heavy atom. The highest BCUT2D eigenvalue weighted by atomic mass is 16.3. The molecule has 0 radical (unpaired) electrons.